The minimum Gasteiger partial charge on any atom is -0.401 e. The van der Waals surface area contributed by atoms with E-state index in [1.807, 2.05) is 6.92 Å². The highest BCUT2D eigenvalue weighted by molar-refractivity contribution is 8.02. The molecular weight excluding hydrogens is 613 g/mol. The third-order valence-electron chi connectivity index (χ3n) is 6.24. The van der Waals surface area contributed by atoms with Crippen LogP contribution in [0.4, 0.5) is 8.78 Å². The zero-order valence-electron chi connectivity index (χ0n) is 22.4. The van der Waals surface area contributed by atoms with E-state index in [-0.39, 0.29) is 45.1 Å². The van der Waals surface area contributed by atoms with Crippen molar-refractivity contribution >= 4 is 58.9 Å². The number of benzene rings is 2. The highest BCUT2D eigenvalue weighted by atomic mass is 35.5. The number of carbonyl (C=O) groups is 2. The molecule has 1 aliphatic rings. The van der Waals surface area contributed by atoms with Gasteiger partial charge in [0.15, 0.2) is 0 Å². The van der Waals surface area contributed by atoms with Gasteiger partial charge in [-0.15, -0.1) is 0 Å². The molecule has 224 valence electrons. The van der Waals surface area contributed by atoms with Gasteiger partial charge in [-0.1, -0.05) is 55.1 Å². The van der Waals surface area contributed by atoms with Gasteiger partial charge in [-0.2, -0.15) is 0 Å². The molecule has 1 saturated carbocycles. The van der Waals surface area contributed by atoms with Crippen molar-refractivity contribution in [3.05, 3.63) is 90.4 Å². The number of carbonyl (C=O) groups excluding carboxylic acids is 2. The van der Waals surface area contributed by atoms with Crippen molar-refractivity contribution in [2.45, 2.75) is 52.1 Å². The Bertz CT molecular complexity index is 1250. The van der Waals surface area contributed by atoms with Crippen LogP contribution in [-0.4, -0.2) is 11.8 Å². The molecule has 0 unspecified atom stereocenters. The van der Waals surface area contributed by atoms with Crippen LogP contribution >= 0.6 is 47.1 Å². The molecule has 2 amide bonds. The van der Waals surface area contributed by atoms with Gasteiger partial charge in [-0.3, -0.25) is 19.9 Å². The number of amides is 2. The predicted octanol–water partition coefficient (Wildman–Crippen LogP) is 5.35. The van der Waals surface area contributed by atoms with E-state index in [4.69, 9.17) is 44.9 Å². The number of rotatable bonds is 11. The number of hydrogen-bond acceptors (Lipinski definition) is 8. The highest BCUT2D eigenvalue weighted by Gasteiger charge is 2.25. The molecule has 0 atom stereocenters. The lowest BCUT2D eigenvalue weighted by Gasteiger charge is -2.27. The van der Waals surface area contributed by atoms with Crippen molar-refractivity contribution in [1.82, 2.24) is 10.6 Å². The van der Waals surface area contributed by atoms with E-state index in [1.54, 1.807) is 12.1 Å². The van der Waals surface area contributed by atoms with Crippen LogP contribution in [0, 0.1) is 17.6 Å². The van der Waals surface area contributed by atoms with Gasteiger partial charge in [0.25, 0.3) is 11.8 Å². The van der Waals surface area contributed by atoms with Crippen LogP contribution in [0.15, 0.2) is 57.6 Å². The molecular formula is C27H34Cl2F2N6O2S2. The molecule has 1 fully saturated rings. The number of hydrogen-bond donors (Lipinski definition) is 6. The summed E-state index contributed by atoms with van der Waals surface area (Å²) >= 11 is 13.4. The lowest BCUT2D eigenvalue weighted by molar-refractivity contribution is -0.117. The Labute approximate surface area is 257 Å². The van der Waals surface area contributed by atoms with Crippen LogP contribution in [0.3, 0.4) is 0 Å². The molecule has 0 bridgehead atoms. The molecule has 2 aromatic rings. The fourth-order valence-electron chi connectivity index (χ4n) is 3.72. The van der Waals surface area contributed by atoms with Gasteiger partial charge in [0.1, 0.15) is 21.4 Å². The van der Waals surface area contributed by atoms with Crippen LogP contribution in [0.1, 0.15) is 50.2 Å². The van der Waals surface area contributed by atoms with Gasteiger partial charge in [0, 0.05) is 45.7 Å². The first-order valence-electron chi connectivity index (χ1n) is 12.7. The smallest absolute Gasteiger partial charge is 0.261 e. The summed E-state index contributed by atoms with van der Waals surface area (Å²) in [6, 6.07) is 8.73. The lowest BCUT2D eigenvalue weighted by Crippen LogP contribution is -2.30. The van der Waals surface area contributed by atoms with E-state index >= 15 is 0 Å². The van der Waals surface area contributed by atoms with Crippen LogP contribution in [-0.2, 0) is 22.7 Å². The Morgan fingerprint density at radius 2 is 1.34 bits per heavy atom. The fourth-order valence-corrected chi connectivity index (χ4v) is 5.09. The lowest BCUT2D eigenvalue weighted by atomic mass is 9.83. The Morgan fingerprint density at radius 3 is 1.71 bits per heavy atom. The van der Waals surface area contributed by atoms with Crippen LogP contribution < -0.4 is 32.4 Å². The zero-order chi connectivity index (χ0) is 30.5. The molecule has 41 heavy (non-hydrogen) atoms. The SMILES string of the molecule is CCC/C(N)=C(/SN)C(=O)NCc1c(F)cccc1Cl.NS/C(C(=O)NCc1c(F)cccc1Cl)=C(\N)C1CCC1. The number of nitrogens with two attached hydrogens (primary N) is 4. The van der Waals surface area contributed by atoms with E-state index in [0.29, 0.717) is 22.7 Å². The highest BCUT2D eigenvalue weighted by Crippen LogP contribution is 2.33. The minimum atomic E-state index is -0.467. The topological polar surface area (TPSA) is 162 Å². The van der Waals surface area contributed by atoms with Crippen molar-refractivity contribution < 1.29 is 18.4 Å². The summed E-state index contributed by atoms with van der Waals surface area (Å²) in [7, 11) is 0. The molecule has 1 aliphatic carbocycles. The summed E-state index contributed by atoms with van der Waals surface area (Å²) in [5.41, 5.74) is 13.2. The molecule has 3 rings (SSSR count). The number of halogens is 4. The van der Waals surface area contributed by atoms with Crippen molar-refractivity contribution in [1.29, 1.82) is 0 Å². The fraction of sp³-hybridized carbons (Fsp3) is 0.333. The Balaban J connectivity index is 0.000000287. The van der Waals surface area contributed by atoms with Gasteiger partial charge in [0.2, 0.25) is 0 Å². The number of allylic oxidation sites excluding steroid dienone is 2. The molecule has 0 radical (unpaired) electrons. The molecule has 14 heteroatoms. The van der Waals surface area contributed by atoms with Gasteiger partial charge in [-0.05, 0) is 73.3 Å². The van der Waals surface area contributed by atoms with Crippen molar-refractivity contribution in [2.24, 2.45) is 27.7 Å². The average molecular weight is 648 g/mol. The zero-order valence-corrected chi connectivity index (χ0v) is 25.6. The monoisotopic (exact) mass is 646 g/mol. The molecule has 0 heterocycles. The first kappa shape index (κ1) is 34.7. The van der Waals surface area contributed by atoms with Crippen molar-refractivity contribution in [3.63, 3.8) is 0 Å². The summed E-state index contributed by atoms with van der Waals surface area (Å²) in [5, 5.41) is 16.7. The third-order valence-corrected chi connectivity index (χ3v) is 8.29. The van der Waals surface area contributed by atoms with Crippen molar-refractivity contribution in [3.8, 4) is 0 Å². The predicted molar refractivity (Wildman–Crippen MR) is 165 cm³/mol. The summed E-state index contributed by atoms with van der Waals surface area (Å²) in [5.74, 6) is -1.53. The van der Waals surface area contributed by atoms with Gasteiger partial charge >= 0.3 is 0 Å². The standard InChI is InChI=1S/C14H17ClFN3OS.C13H17ClFN3OS/c15-10-5-2-6-11(16)9(10)7-19-14(20)13(21-18)12(17)8-3-1-4-8;1-2-4-11(16)12(20-17)13(19)18-7-8-9(14)5-3-6-10(8)15/h2,5-6,8H,1,3-4,7,17-18H2,(H,19,20);3,5-6H,2,4,7,16-17H2,1H3,(H,18,19)/b13-12-;12-11-. The largest absolute Gasteiger partial charge is 0.401 e. The molecule has 0 aliphatic heterocycles. The van der Waals surface area contributed by atoms with E-state index in [1.165, 1.54) is 24.3 Å². The molecule has 0 spiro atoms. The maximum Gasteiger partial charge on any atom is 0.261 e. The van der Waals surface area contributed by atoms with Gasteiger partial charge in [-0.25, -0.2) is 8.78 Å². The second-order valence-electron chi connectivity index (χ2n) is 9.02. The second kappa shape index (κ2) is 17.5. The normalized spacial score (nSPS) is 14.1. The van der Waals surface area contributed by atoms with E-state index in [9.17, 15) is 18.4 Å². The first-order chi connectivity index (χ1) is 19.5. The number of nitrogens with one attached hydrogen (secondary N) is 2. The summed E-state index contributed by atoms with van der Waals surface area (Å²) in [4.78, 5) is 24.7. The Morgan fingerprint density at radius 1 is 0.878 bits per heavy atom. The Hall–Kier alpha value is -2.48. The maximum atomic E-state index is 13.6. The molecule has 0 saturated heterocycles. The molecule has 2 aromatic carbocycles. The summed E-state index contributed by atoms with van der Waals surface area (Å²) in [6.45, 7) is 1.92. The summed E-state index contributed by atoms with van der Waals surface area (Å²) in [6.07, 6.45) is 4.45. The third kappa shape index (κ3) is 10.1. The van der Waals surface area contributed by atoms with E-state index < -0.39 is 23.4 Å². The van der Waals surface area contributed by atoms with E-state index in [0.717, 1.165) is 49.6 Å². The summed E-state index contributed by atoms with van der Waals surface area (Å²) < 4.78 is 27.2. The van der Waals surface area contributed by atoms with Crippen molar-refractivity contribution in [2.75, 3.05) is 0 Å². The minimum absolute atomic E-state index is 0.00759. The van der Waals surface area contributed by atoms with Gasteiger partial charge < -0.3 is 22.1 Å². The van der Waals surface area contributed by atoms with Crippen LogP contribution in [0.2, 0.25) is 10.0 Å². The Kier molecular flexibility index (Phi) is 14.8. The van der Waals surface area contributed by atoms with Crippen LogP contribution in [0.25, 0.3) is 0 Å². The quantitative estimate of drug-likeness (QED) is 0.141. The first-order valence-corrected chi connectivity index (χ1v) is 15.2. The molecule has 10 N–H and O–H groups in total. The molecule has 0 aromatic heterocycles. The maximum absolute atomic E-state index is 13.6. The average Bonchev–Trinajstić information content (AvgIpc) is 2.88. The van der Waals surface area contributed by atoms with Gasteiger partial charge in [0.05, 0.1) is 0 Å². The second-order valence-corrected chi connectivity index (χ2v) is 11.1. The molecule has 8 nitrogen and oxygen atoms in total. The van der Waals surface area contributed by atoms with Crippen LogP contribution in [0.5, 0.6) is 0 Å². The van der Waals surface area contributed by atoms with E-state index in [2.05, 4.69) is 10.6 Å².